The number of hydrogen-bond acceptors (Lipinski definition) is 6. The fourth-order valence-electron chi connectivity index (χ4n) is 0.894. The van der Waals surface area contributed by atoms with Gasteiger partial charge in [0.2, 0.25) is 0 Å². The van der Waals surface area contributed by atoms with Crippen LogP contribution in [0.3, 0.4) is 0 Å². The summed E-state index contributed by atoms with van der Waals surface area (Å²) in [6.07, 6.45) is 4.13. The van der Waals surface area contributed by atoms with E-state index in [1.807, 2.05) is 6.92 Å². The second-order valence-corrected chi connectivity index (χ2v) is 3.14. The van der Waals surface area contributed by atoms with Crippen LogP contribution in [0.15, 0.2) is 25.3 Å². The van der Waals surface area contributed by atoms with Crippen molar-refractivity contribution >= 4 is 5.97 Å². The summed E-state index contributed by atoms with van der Waals surface area (Å²) in [6.45, 7) is 6.75. The molecule has 0 N–H and O–H groups in total. The molecule has 6 nitrogen and oxygen atoms in total. The van der Waals surface area contributed by atoms with Crippen LogP contribution in [0.1, 0.15) is 20.3 Å². The Morgan fingerprint density at radius 3 is 2.69 bits per heavy atom. The van der Waals surface area contributed by atoms with Crippen LogP contribution in [0.5, 0.6) is 6.01 Å². The molecule has 0 bridgehead atoms. The third-order valence-electron chi connectivity index (χ3n) is 1.90. The van der Waals surface area contributed by atoms with Crippen molar-refractivity contribution < 1.29 is 14.3 Å². The Labute approximate surface area is 93.3 Å². The highest BCUT2D eigenvalue weighted by Gasteiger charge is 2.29. The molecule has 0 saturated heterocycles. The highest BCUT2D eigenvalue weighted by molar-refractivity contribution is 5.81. The van der Waals surface area contributed by atoms with E-state index in [0.29, 0.717) is 6.42 Å². The van der Waals surface area contributed by atoms with E-state index in [1.165, 1.54) is 12.7 Å². The zero-order valence-corrected chi connectivity index (χ0v) is 9.21. The molecular formula is C10H13N3O3. The fraction of sp³-hybridized carbons (Fsp3) is 0.400. The molecule has 0 saturated carbocycles. The molecule has 1 heterocycles. The lowest BCUT2D eigenvalue weighted by Gasteiger charge is -2.26. The van der Waals surface area contributed by atoms with Gasteiger partial charge < -0.3 is 9.47 Å². The quantitative estimate of drug-likeness (QED) is 0.423. The monoisotopic (exact) mass is 223 g/mol. The van der Waals surface area contributed by atoms with E-state index in [4.69, 9.17) is 9.47 Å². The minimum Gasteiger partial charge on any atom is -0.420 e. The molecule has 86 valence electrons. The van der Waals surface area contributed by atoms with Crippen molar-refractivity contribution in [1.82, 2.24) is 15.0 Å². The summed E-state index contributed by atoms with van der Waals surface area (Å²) in [4.78, 5) is 22.3. The molecule has 1 aromatic heterocycles. The van der Waals surface area contributed by atoms with Crippen molar-refractivity contribution in [3.05, 3.63) is 25.3 Å². The van der Waals surface area contributed by atoms with Gasteiger partial charge in [0.1, 0.15) is 12.7 Å². The van der Waals surface area contributed by atoms with Crippen molar-refractivity contribution in [2.75, 3.05) is 0 Å². The first-order valence-electron chi connectivity index (χ1n) is 4.76. The van der Waals surface area contributed by atoms with Gasteiger partial charge in [0.05, 0.1) is 0 Å². The van der Waals surface area contributed by atoms with Gasteiger partial charge in [-0.2, -0.15) is 9.97 Å². The Balaban J connectivity index is 2.73. The van der Waals surface area contributed by atoms with Gasteiger partial charge in [0.25, 0.3) is 5.79 Å². The third-order valence-corrected chi connectivity index (χ3v) is 1.90. The van der Waals surface area contributed by atoms with Crippen molar-refractivity contribution in [3.63, 3.8) is 0 Å². The predicted molar refractivity (Wildman–Crippen MR) is 55.4 cm³/mol. The summed E-state index contributed by atoms with van der Waals surface area (Å²) >= 11 is 0. The predicted octanol–water partition coefficient (Wildman–Crippen LogP) is 1.11. The summed E-state index contributed by atoms with van der Waals surface area (Å²) in [6, 6.07) is 0.108. The van der Waals surface area contributed by atoms with E-state index in [-0.39, 0.29) is 6.01 Å². The minimum atomic E-state index is -1.10. The number of esters is 1. The zero-order chi connectivity index (χ0) is 12.0. The number of carbonyl (C=O) groups excluding carboxylic acids is 1. The molecule has 0 spiro atoms. The van der Waals surface area contributed by atoms with Crippen LogP contribution in [0.4, 0.5) is 0 Å². The molecule has 1 aromatic rings. The maximum absolute atomic E-state index is 11.1. The summed E-state index contributed by atoms with van der Waals surface area (Å²) in [5.74, 6) is -1.66. The number of aromatic nitrogens is 3. The molecule has 1 unspecified atom stereocenters. The topological polar surface area (TPSA) is 74.2 Å². The zero-order valence-electron chi connectivity index (χ0n) is 9.21. The highest BCUT2D eigenvalue weighted by Crippen LogP contribution is 2.18. The number of rotatable bonds is 5. The maximum Gasteiger partial charge on any atom is 0.333 e. The van der Waals surface area contributed by atoms with Gasteiger partial charge in [-0.1, -0.05) is 13.5 Å². The second kappa shape index (κ2) is 5.20. The number of nitrogens with zero attached hydrogens (tertiary/aromatic N) is 3. The first-order chi connectivity index (χ1) is 7.59. The molecule has 6 heteroatoms. The lowest BCUT2D eigenvalue weighted by molar-refractivity contribution is -0.189. The number of carbonyl (C=O) groups is 1. The molecular weight excluding hydrogens is 210 g/mol. The van der Waals surface area contributed by atoms with E-state index in [9.17, 15) is 4.79 Å². The average Bonchev–Trinajstić information content (AvgIpc) is 2.30. The molecule has 1 atom stereocenters. The summed E-state index contributed by atoms with van der Waals surface area (Å²) < 4.78 is 10.4. The first kappa shape index (κ1) is 12.1. The Morgan fingerprint density at radius 2 is 2.19 bits per heavy atom. The van der Waals surface area contributed by atoms with Gasteiger partial charge in [-0.25, -0.2) is 9.78 Å². The maximum atomic E-state index is 11.1. The minimum absolute atomic E-state index is 0.108. The van der Waals surface area contributed by atoms with E-state index in [2.05, 4.69) is 21.5 Å². The van der Waals surface area contributed by atoms with Crippen LogP contribution in [0, 0.1) is 0 Å². The second-order valence-electron chi connectivity index (χ2n) is 3.14. The van der Waals surface area contributed by atoms with Crippen molar-refractivity contribution in [1.29, 1.82) is 0 Å². The Kier molecular flexibility index (Phi) is 3.93. The van der Waals surface area contributed by atoms with Crippen LogP contribution in [-0.2, 0) is 9.53 Å². The molecule has 0 radical (unpaired) electrons. The molecule has 1 rings (SSSR count). The van der Waals surface area contributed by atoms with Crippen LogP contribution in [0.25, 0.3) is 0 Å². The van der Waals surface area contributed by atoms with Gasteiger partial charge in [0, 0.05) is 19.4 Å². The smallest absolute Gasteiger partial charge is 0.333 e. The molecule has 0 aliphatic rings. The van der Waals surface area contributed by atoms with Crippen LogP contribution in [0.2, 0.25) is 0 Å². The molecule has 16 heavy (non-hydrogen) atoms. The Hall–Kier alpha value is -1.98. The Bertz CT molecular complexity index is 369. The van der Waals surface area contributed by atoms with E-state index < -0.39 is 11.8 Å². The van der Waals surface area contributed by atoms with Crippen molar-refractivity contribution in [2.45, 2.75) is 26.1 Å². The van der Waals surface area contributed by atoms with Crippen LogP contribution >= 0.6 is 0 Å². The average molecular weight is 223 g/mol. The largest absolute Gasteiger partial charge is 0.420 e. The van der Waals surface area contributed by atoms with Gasteiger partial charge in [0.15, 0.2) is 0 Å². The van der Waals surface area contributed by atoms with Crippen molar-refractivity contribution in [3.8, 4) is 6.01 Å². The SMILES string of the molecule is C=CC(=O)OC(C)(CC)Oc1ncncn1. The lowest BCUT2D eigenvalue weighted by atomic mass is 10.2. The number of hydrogen-bond donors (Lipinski definition) is 0. The van der Waals surface area contributed by atoms with E-state index in [0.717, 1.165) is 6.08 Å². The van der Waals surface area contributed by atoms with E-state index in [1.54, 1.807) is 6.92 Å². The first-order valence-corrected chi connectivity index (χ1v) is 4.76. The lowest BCUT2D eigenvalue weighted by Crippen LogP contribution is -2.37. The molecule has 0 aliphatic heterocycles. The normalized spacial score (nSPS) is 13.6. The molecule has 0 amide bonds. The summed E-state index contributed by atoms with van der Waals surface area (Å²) in [5.41, 5.74) is 0. The van der Waals surface area contributed by atoms with Gasteiger partial charge >= 0.3 is 12.0 Å². The summed E-state index contributed by atoms with van der Waals surface area (Å²) in [5, 5.41) is 0. The van der Waals surface area contributed by atoms with E-state index >= 15 is 0 Å². The van der Waals surface area contributed by atoms with Gasteiger partial charge in [-0.05, 0) is 0 Å². The molecule has 0 aromatic carbocycles. The molecule has 0 fully saturated rings. The molecule has 0 aliphatic carbocycles. The Morgan fingerprint density at radius 1 is 1.56 bits per heavy atom. The van der Waals surface area contributed by atoms with Crippen molar-refractivity contribution in [2.24, 2.45) is 0 Å². The number of ether oxygens (including phenoxy) is 2. The standard InChI is InChI=1S/C10H13N3O3/c1-4-8(14)15-10(3,5-2)16-9-12-6-11-7-13-9/h4,6-7H,1,5H2,2-3H3. The van der Waals surface area contributed by atoms with Crippen LogP contribution in [-0.4, -0.2) is 26.7 Å². The van der Waals surface area contributed by atoms with Crippen LogP contribution < -0.4 is 4.74 Å². The van der Waals surface area contributed by atoms with Gasteiger partial charge in [-0.3, -0.25) is 0 Å². The van der Waals surface area contributed by atoms with Gasteiger partial charge in [-0.15, -0.1) is 0 Å². The fourth-order valence-corrected chi connectivity index (χ4v) is 0.894. The highest BCUT2D eigenvalue weighted by atomic mass is 16.7. The summed E-state index contributed by atoms with van der Waals surface area (Å²) in [7, 11) is 0. The third kappa shape index (κ3) is 3.30.